The van der Waals surface area contributed by atoms with Crippen LogP contribution in [0.15, 0.2) is 0 Å². The van der Waals surface area contributed by atoms with Gasteiger partial charge in [-0.05, 0) is 0 Å². The number of hydrogen-bond donors (Lipinski definition) is 0. The quantitative estimate of drug-likeness (QED) is 0.669. The third-order valence-electron chi connectivity index (χ3n) is 2.14. The van der Waals surface area contributed by atoms with E-state index in [1.807, 2.05) is 0 Å². The summed E-state index contributed by atoms with van der Waals surface area (Å²) in [5, 5.41) is 0. The molecule has 1 heterocycles. The summed E-state index contributed by atoms with van der Waals surface area (Å²) in [6.07, 6.45) is 0.129. The molecule has 3 unspecified atom stereocenters. The van der Waals surface area contributed by atoms with Gasteiger partial charge >= 0.3 is 0 Å². The lowest BCUT2D eigenvalue weighted by molar-refractivity contribution is -0.0538. The van der Waals surface area contributed by atoms with Gasteiger partial charge in [-0.25, -0.2) is 0 Å². The Bertz CT molecular complexity index is 156. The van der Waals surface area contributed by atoms with Gasteiger partial charge in [-0.15, -0.1) is 0 Å². The molecule has 0 saturated carbocycles. The van der Waals surface area contributed by atoms with E-state index in [-0.39, 0.29) is 12.2 Å². The van der Waals surface area contributed by atoms with Gasteiger partial charge in [0.05, 0.1) is 37.4 Å². The Kier molecular flexibility index (Phi) is 5.96. The van der Waals surface area contributed by atoms with Gasteiger partial charge in [0.2, 0.25) is 0 Å². The van der Waals surface area contributed by atoms with Gasteiger partial charge in [0.1, 0.15) is 6.10 Å². The molecule has 0 bridgehead atoms. The van der Waals surface area contributed by atoms with Crippen LogP contribution in [0.1, 0.15) is 0 Å². The molecular weight excluding hydrogens is 252 g/mol. The molecule has 5 heteroatoms. The van der Waals surface area contributed by atoms with Crippen molar-refractivity contribution in [1.82, 2.24) is 0 Å². The molecule has 1 aliphatic rings. The lowest BCUT2D eigenvalue weighted by Crippen LogP contribution is -2.30. The highest BCUT2D eigenvalue weighted by atomic mass is 79.9. The number of alkyl halides is 1. The maximum absolute atomic E-state index is 5.64. The SMILES string of the molecule is COCC(COC1COCC1Br)OC. The summed E-state index contributed by atoms with van der Waals surface area (Å²) in [5.41, 5.74) is 0. The minimum atomic E-state index is 0.000278. The molecule has 0 aromatic rings. The van der Waals surface area contributed by atoms with Crippen LogP contribution < -0.4 is 0 Å². The first-order chi connectivity index (χ1) is 6.77. The number of ether oxygens (including phenoxy) is 4. The molecule has 0 aliphatic carbocycles. The Morgan fingerprint density at radius 3 is 2.64 bits per heavy atom. The standard InChI is InChI=1S/C9H17BrO4/c1-11-3-7(12-2)4-14-9-6-13-5-8(9)10/h7-9H,3-6H2,1-2H3. The van der Waals surface area contributed by atoms with Crippen molar-refractivity contribution in [1.29, 1.82) is 0 Å². The van der Waals surface area contributed by atoms with E-state index in [0.717, 1.165) is 0 Å². The molecule has 0 N–H and O–H groups in total. The molecule has 0 amide bonds. The van der Waals surface area contributed by atoms with Crippen LogP contribution in [0.5, 0.6) is 0 Å². The van der Waals surface area contributed by atoms with Crippen LogP contribution in [0.3, 0.4) is 0 Å². The van der Waals surface area contributed by atoms with Crippen LogP contribution in [0, 0.1) is 0 Å². The van der Waals surface area contributed by atoms with Crippen LogP contribution in [-0.2, 0) is 18.9 Å². The third-order valence-corrected chi connectivity index (χ3v) is 3.00. The minimum absolute atomic E-state index is 0.000278. The van der Waals surface area contributed by atoms with Gasteiger partial charge in [-0.2, -0.15) is 0 Å². The minimum Gasteiger partial charge on any atom is -0.382 e. The largest absolute Gasteiger partial charge is 0.382 e. The highest BCUT2D eigenvalue weighted by molar-refractivity contribution is 9.09. The zero-order valence-electron chi connectivity index (χ0n) is 8.57. The maximum Gasteiger partial charge on any atom is 0.104 e. The van der Waals surface area contributed by atoms with Gasteiger partial charge in [0, 0.05) is 14.2 Å². The van der Waals surface area contributed by atoms with E-state index in [1.165, 1.54) is 0 Å². The Hall–Kier alpha value is 0.320. The van der Waals surface area contributed by atoms with Crippen molar-refractivity contribution in [3.05, 3.63) is 0 Å². The Morgan fingerprint density at radius 2 is 2.14 bits per heavy atom. The fourth-order valence-corrected chi connectivity index (χ4v) is 1.75. The van der Waals surface area contributed by atoms with Gasteiger partial charge in [-0.3, -0.25) is 0 Å². The second-order valence-corrected chi connectivity index (χ2v) is 4.41. The van der Waals surface area contributed by atoms with E-state index in [4.69, 9.17) is 18.9 Å². The first-order valence-corrected chi connectivity index (χ1v) is 5.54. The molecular formula is C9H17BrO4. The second kappa shape index (κ2) is 6.74. The van der Waals surface area contributed by atoms with E-state index < -0.39 is 0 Å². The van der Waals surface area contributed by atoms with Crippen molar-refractivity contribution in [2.24, 2.45) is 0 Å². The summed E-state index contributed by atoms with van der Waals surface area (Å²) in [7, 11) is 3.31. The molecule has 3 atom stereocenters. The van der Waals surface area contributed by atoms with Crippen LogP contribution in [0.2, 0.25) is 0 Å². The van der Waals surface area contributed by atoms with Crippen molar-refractivity contribution in [3.63, 3.8) is 0 Å². The van der Waals surface area contributed by atoms with Gasteiger partial charge < -0.3 is 18.9 Å². The number of methoxy groups -OCH3 is 2. The fourth-order valence-electron chi connectivity index (χ4n) is 1.26. The lowest BCUT2D eigenvalue weighted by Gasteiger charge is -2.18. The van der Waals surface area contributed by atoms with Crippen molar-refractivity contribution >= 4 is 15.9 Å². The molecule has 0 aromatic heterocycles. The van der Waals surface area contributed by atoms with Crippen molar-refractivity contribution in [2.45, 2.75) is 17.0 Å². The Morgan fingerprint density at radius 1 is 1.36 bits per heavy atom. The highest BCUT2D eigenvalue weighted by Crippen LogP contribution is 2.17. The molecule has 1 fully saturated rings. The van der Waals surface area contributed by atoms with Crippen LogP contribution >= 0.6 is 15.9 Å². The highest BCUT2D eigenvalue weighted by Gasteiger charge is 2.27. The molecule has 0 radical (unpaired) electrons. The van der Waals surface area contributed by atoms with Crippen molar-refractivity contribution in [3.8, 4) is 0 Å². The first kappa shape index (κ1) is 12.4. The zero-order chi connectivity index (χ0) is 10.4. The first-order valence-electron chi connectivity index (χ1n) is 4.63. The predicted molar refractivity (Wildman–Crippen MR) is 55.9 cm³/mol. The smallest absolute Gasteiger partial charge is 0.104 e. The molecule has 1 saturated heterocycles. The number of hydrogen-bond acceptors (Lipinski definition) is 4. The summed E-state index contributed by atoms with van der Waals surface area (Å²) in [4.78, 5) is 0.294. The average molecular weight is 269 g/mol. The summed E-state index contributed by atoms with van der Waals surface area (Å²) in [5.74, 6) is 0. The number of rotatable bonds is 6. The zero-order valence-corrected chi connectivity index (χ0v) is 10.2. The third kappa shape index (κ3) is 3.82. The van der Waals surface area contributed by atoms with Gasteiger partial charge in [0.25, 0.3) is 0 Å². The van der Waals surface area contributed by atoms with E-state index in [2.05, 4.69) is 15.9 Å². The maximum atomic E-state index is 5.64. The van der Waals surface area contributed by atoms with Gasteiger partial charge in [0.15, 0.2) is 0 Å². The van der Waals surface area contributed by atoms with E-state index >= 15 is 0 Å². The molecule has 0 aromatic carbocycles. The Balaban J connectivity index is 2.17. The second-order valence-electron chi connectivity index (χ2n) is 3.24. The normalized spacial score (nSPS) is 29.4. The molecule has 1 aliphatic heterocycles. The summed E-state index contributed by atoms with van der Waals surface area (Å²) in [6.45, 7) is 2.46. The van der Waals surface area contributed by atoms with Crippen LogP contribution in [-0.4, -0.2) is 57.7 Å². The fraction of sp³-hybridized carbons (Fsp3) is 1.00. The van der Waals surface area contributed by atoms with Crippen molar-refractivity contribution in [2.75, 3.05) is 40.6 Å². The summed E-state index contributed by atoms with van der Waals surface area (Å²) in [6, 6.07) is 0. The van der Waals surface area contributed by atoms with Gasteiger partial charge in [-0.1, -0.05) is 15.9 Å². The Labute approximate surface area is 93.0 Å². The van der Waals surface area contributed by atoms with E-state index in [1.54, 1.807) is 14.2 Å². The van der Waals surface area contributed by atoms with Crippen molar-refractivity contribution < 1.29 is 18.9 Å². The van der Waals surface area contributed by atoms with E-state index in [9.17, 15) is 0 Å². The van der Waals surface area contributed by atoms with Crippen LogP contribution in [0.25, 0.3) is 0 Å². The molecule has 4 nitrogen and oxygen atoms in total. The number of halogens is 1. The lowest BCUT2D eigenvalue weighted by atomic mass is 10.3. The van der Waals surface area contributed by atoms with Crippen LogP contribution in [0.4, 0.5) is 0 Å². The topological polar surface area (TPSA) is 36.9 Å². The molecule has 1 rings (SSSR count). The summed E-state index contributed by atoms with van der Waals surface area (Å²) >= 11 is 3.49. The molecule has 14 heavy (non-hydrogen) atoms. The predicted octanol–water partition coefficient (Wildman–Crippen LogP) is 0.827. The monoisotopic (exact) mass is 268 g/mol. The molecule has 84 valence electrons. The molecule has 0 spiro atoms. The average Bonchev–Trinajstić information content (AvgIpc) is 2.59. The summed E-state index contributed by atoms with van der Waals surface area (Å²) < 4.78 is 21.1. The van der Waals surface area contributed by atoms with E-state index in [0.29, 0.717) is 31.3 Å².